The minimum atomic E-state index is -0.265. The van der Waals surface area contributed by atoms with Gasteiger partial charge in [-0.25, -0.2) is 4.39 Å². The van der Waals surface area contributed by atoms with E-state index in [1.54, 1.807) is 33.5 Å². The number of benzene rings is 2. The van der Waals surface area contributed by atoms with Gasteiger partial charge in [-0.1, -0.05) is 0 Å². The summed E-state index contributed by atoms with van der Waals surface area (Å²) in [5.74, 6) is 1.67. The van der Waals surface area contributed by atoms with Gasteiger partial charge in [0.25, 0.3) is 0 Å². The molecule has 0 saturated carbocycles. The molecular weight excluding hydrogens is 405 g/mol. The highest BCUT2D eigenvalue weighted by Crippen LogP contribution is 2.38. The Bertz CT molecular complexity index is 830. The van der Waals surface area contributed by atoms with Gasteiger partial charge in [-0.2, -0.15) is 0 Å². The molecule has 0 spiro atoms. The molecule has 3 rings (SSSR count). The smallest absolute Gasteiger partial charge is 0.203 e. The third kappa shape index (κ3) is 5.73. The Morgan fingerprint density at radius 2 is 1.63 bits per heavy atom. The van der Waals surface area contributed by atoms with Gasteiger partial charge < -0.3 is 24.8 Å². The van der Waals surface area contributed by atoms with E-state index in [2.05, 4.69) is 15.5 Å². The molecule has 2 N–H and O–H groups in total. The van der Waals surface area contributed by atoms with Crippen LogP contribution >= 0.6 is 12.2 Å². The molecule has 0 aromatic heterocycles. The monoisotopic (exact) mass is 433 g/mol. The summed E-state index contributed by atoms with van der Waals surface area (Å²) in [6, 6.07) is 10.5. The fourth-order valence-electron chi connectivity index (χ4n) is 3.61. The highest BCUT2D eigenvalue weighted by atomic mass is 32.1. The number of methoxy groups -OCH3 is 3. The van der Waals surface area contributed by atoms with E-state index in [-0.39, 0.29) is 5.82 Å². The number of piperidine rings is 1. The summed E-state index contributed by atoms with van der Waals surface area (Å²) in [6.07, 6.45) is 1.96. The highest BCUT2D eigenvalue weighted by Gasteiger charge is 2.21. The maximum absolute atomic E-state index is 13.0. The van der Waals surface area contributed by atoms with Gasteiger partial charge in [0.1, 0.15) is 5.82 Å². The van der Waals surface area contributed by atoms with E-state index in [1.807, 2.05) is 12.1 Å². The molecule has 0 bridgehead atoms. The Balaban J connectivity index is 1.51. The van der Waals surface area contributed by atoms with Crippen molar-refractivity contribution in [2.45, 2.75) is 25.4 Å². The fourth-order valence-corrected chi connectivity index (χ4v) is 3.89. The van der Waals surface area contributed by atoms with E-state index in [9.17, 15) is 4.39 Å². The number of nitrogens with one attached hydrogen (secondary N) is 2. The van der Waals surface area contributed by atoms with Crippen molar-refractivity contribution >= 4 is 23.0 Å². The molecule has 1 fully saturated rings. The van der Waals surface area contributed by atoms with Gasteiger partial charge in [-0.3, -0.25) is 4.90 Å². The summed E-state index contributed by atoms with van der Waals surface area (Å²) in [6.45, 7) is 2.71. The van der Waals surface area contributed by atoms with Crippen molar-refractivity contribution in [1.29, 1.82) is 0 Å². The lowest BCUT2D eigenvalue weighted by molar-refractivity contribution is 0.198. The minimum Gasteiger partial charge on any atom is -0.493 e. The first-order valence-electron chi connectivity index (χ1n) is 9.86. The maximum atomic E-state index is 13.0. The standard InChI is InChI=1S/C22H28FN3O3S/c1-27-19-12-15(13-20(28-2)21(19)29-3)14-26-10-8-18(9-11-26)25-22(30)24-17-6-4-16(23)5-7-17/h4-7,12-13,18H,8-11,14H2,1-3H3,(H2,24,25,30). The van der Waals surface area contributed by atoms with Crippen LogP contribution in [-0.4, -0.2) is 50.5 Å². The Hall–Kier alpha value is -2.58. The number of halogens is 1. The van der Waals surface area contributed by atoms with Crippen LogP contribution < -0.4 is 24.8 Å². The van der Waals surface area contributed by atoms with Crippen molar-refractivity contribution in [2.75, 3.05) is 39.7 Å². The number of rotatable bonds is 7. The largest absolute Gasteiger partial charge is 0.493 e. The van der Waals surface area contributed by atoms with E-state index >= 15 is 0 Å². The molecule has 8 heteroatoms. The lowest BCUT2D eigenvalue weighted by Crippen LogP contribution is -2.45. The zero-order valence-corrected chi connectivity index (χ0v) is 18.4. The molecule has 0 aliphatic carbocycles. The molecule has 162 valence electrons. The average molecular weight is 434 g/mol. The predicted molar refractivity (Wildman–Crippen MR) is 120 cm³/mol. The van der Waals surface area contributed by atoms with Gasteiger partial charge in [0, 0.05) is 31.4 Å². The quantitative estimate of drug-likeness (QED) is 0.644. The number of anilines is 1. The Labute approximate surface area is 182 Å². The van der Waals surface area contributed by atoms with Crippen LogP contribution in [0.1, 0.15) is 18.4 Å². The summed E-state index contributed by atoms with van der Waals surface area (Å²) >= 11 is 5.39. The van der Waals surface area contributed by atoms with Gasteiger partial charge >= 0.3 is 0 Å². The maximum Gasteiger partial charge on any atom is 0.203 e. The molecule has 1 aliphatic heterocycles. The molecule has 2 aromatic rings. The van der Waals surface area contributed by atoms with E-state index in [1.165, 1.54) is 12.1 Å². The third-order valence-electron chi connectivity index (χ3n) is 5.16. The summed E-state index contributed by atoms with van der Waals surface area (Å²) in [5.41, 5.74) is 1.89. The van der Waals surface area contributed by atoms with Gasteiger partial charge in [-0.15, -0.1) is 0 Å². The van der Waals surface area contributed by atoms with Crippen LogP contribution in [0.2, 0.25) is 0 Å². The number of nitrogens with zero attached hydrogens (tertiary/aromatic N) is 1. The first kappa shape index (κ1) is 22.1. The molecule has 30 heavy (non-hydrogen) atoms. The SMILES string of the molecule is COc1cc(CN2CCC(NC(=S)Nc3ccc(F)cc3)CC2)cc(OC)c1OC. The van der Waals surface area contributed by atoms with E-state index < -0.39 is 0 Å². The molecular formula is C22H28FN3O3S. The van der Waals surface area contributed by atoms with Crippen molar-refractivity contribution in [1.82, 2.24) is 10.2 Å². The van der Waals surface area contributed by atoms with Crippen molar-refractivity contribution in [3.8, 4) is 17.2 Å². The Morgan fingerprint density at radius 3 is 2.17 bits per heavy atom. The third-order valence-corrected chi connectivity index (χ3v) is 5.38. The zero-order valence-electron chi connectivity index (χ0n) is 17.5. The molecule has 6 nitrogen and oxygen atoms in total. The normalized spacial score (nSPS) is 14.8. The summed E-state index contributed by atoms with van der Waals surface area (Å²) in [4.78, 5) is 2.40. The van der Waals surface area contributed by atoms with Crippen LogP contribution in [0.25, 0.3) is 0 Å². The van der Waals surface area contributed by atoms with Crippen molar-refractivity contribution < 1.29 is 18.6 Å². The van der Waals surface area contributed by atoms with E-state index in [0.717, 1.165) is 43.7 Å². The van der Waals surface area contributed by atoms with E-state index in [0.29, 0.717) is 28.4 Å². The topological polar surface area (TPSA) is 55.0 Å². The number of ether oxygens (including phenoxy) is 3. The van der Waals surface area contributed by atoms with Crippen molar-refractivity contribution in [3.63, 3.8) is 0 Å². The molecule has 0 amide bonds. The summed E-state index contributed by atoms with van der Waals surface area (Å²) in [7, 11) is 4.86. The van der Waals surface area contributed by atoms with Gasteiger partial charge in [0.05, 0.1) is 21.3 Å². The Morgan fingerprint density at radius 1 is 1.03 bits per heavy atom. The fraction of sp³-hybridized carbons (Fsp3) is 0.409. The Kier molecular flexibility index (Phi) is 7.70. The molecule has 1 saturated heterocycles. The highest BCUT2D eigenvalue weighted by molar-refractivity contribution is 7.80. The molecule has 2 aromatic carbocycles. The van der Waals surface area contributed by atoms with Crippen LogP contribution in [0.5, 0.6) is 17.2 Å². The molecule has 0 radical (unpaired) electrons. The van der Waals surface area contributed by atoms with E-state index in [4.69, 9.17) is 26.4 Å². The summed E-state index contributed by atoms with van der Waals surface area (Å²) < 4.78 is 29.3. The number of thiocarbonyl (C=S) groups is 1. The van der Waals surface area contributed by atoms with Crippen molar-refractivity contribution in [2.24, 2.45) is 0 Å². The molecule has 1 heterocycles. The first-order chi connectivity index (χ1) is 14.5. The van der Waals surface area contributed by atoms with Crippen LogP contribution in [0.3, 0.4) is 0 Å². The molecule has 0 unspecified atom stereocenters. The van der Waals surface area contributed by atoms with Gasteiger partial charge in [-0.05, 0) is 67.0 Å². The lowest BCUT2D eigenvalue weighted by Gasteiger charge is -2.33. The first-order valence-corrected chi connectivity index (χ1v) is 10.3. The number of likely N-dealkylation sites (tertiary alicyclic amines) is 1. The number of hydrogen-bond donors (Lipinski definition) is 2. The minimum absolute atomic E-state index is 0.265. The second-order valence-electron chi connectivity index (χ2n) is 7.19. The van der Waals surface area contributed by atoms with Crippen LogP contribution in [0.15, 0.2) is 36.4 Å². The number of hydrogen-bond acceptors (Lipinski definition) is 5. The molecule has 1 aliphatic rings. The van der Waals surface area contributed by atoms with Crippen LogP contribution in [0.4, 0.5) is 10.1 Å². The van der Waals surface area contributed by atoms with Gasteiger partial charge in [0.2, 0.25) is 5.75 Å². The molecule has 0 atom stereocenters. The van der Waals surface area contributed by atoms with Crippen LogP contribution in [-0.2, 0) is 6.54 Å². The zero-order chi connectivity index (χ0) is 21.5. The van der Waals surface area contributed by atoms with Crippen LogP contribution in [0, 0.1) is 5.82 Å². The second kappa shape index (κ2) is 10.4. The second-order valence-corrected chi connectivity index (χ2v) is 7.60. The van der Waals surface area contributed by atoms with Crippen molar-refractivity contribution in [3.05, 3.63) is 47.8 Å². The lowest BCUT2D eigenvalue weighted by atomic mass is 10.0. The summed E-state index contributed by atoms with van der Waals surface area (Å²) in [5, 5.41) is 7.03. The van der Waals surface area contributed by atoms with Gasteiger partial charge in [0.15, 0.2) is 16.6 Å². The predicted octanol–water partition coefficient (Wildman–Crippen LogP) is 3.80. The average Bonchev–Trinajstić information content (AvgIpc) is 2.76.